The maximum Gasteiger partial charge on any atom is 0.416 e. The number of piperidine rings is 1. The van der Waals surface area contributed by atoms with E-state index in [4.69, 9.17) is 0 Å². The van der Waals surface area contributed by atoms with E-state index in [1.54, 1.807) is 6.92 Å². The summed E-state index contributed by atoms with van der Waals surface area (Å²) in [4.78, 5) is 25.1. The van der Waals surface area contributed by atoms with E-state index in [1.165, 1.54) is 18.2 Å². The van der Waals surface area contributed by atoms with Crippen molar-refractivity contribution in [1.82, 2.24) is 10.2 Å². The molecule has 1 fully saturated rings. The highest BCUT2D eigenvalue weighted by Gasteiger charge is 2.38. The van der Waals surface area contributed by atoms with Gasteiger partial charge in [0.15, 0.2) is 0 Å². The zero-order valence-electron chi connectivity index (χ0n) is 18.1. The second-order valence-corrected chi connectivity index (χ2v) is 8.12. The van der Waals surface area contributed by atoms with E-state index in [0.29, 0.717) is 23.3 Å². The molecule has 0 unspecified atom stereocenters. The highest BCUT2D eigenvalue weighted by atomic mass is 19.4. The number of benzene rings is 2. The van der Waals surface area contributed by atoms with Crippen LogP contribution < -0.4 is 10.6 Å². The highest BCUT2D eigenvalue weighted by Crippen LogP contribution is 2.37. The van der Waals surface area contributed by atoms with Gasteiger partial charge in [0.05, 0.1) is 11.1 Å². The van der Waals surface area contributed by atoms with Gasteiger partial charge in [-0.05, 0) is 54.8 Å². The smallest absolute Gasteiger partial charge is 0.416 e. The number of carbonyl (C=O) groups is 2. The fraction of sp³-hybridized carbons (Fsp3) is 0.364. The predicted octanol–water partition coefficient (Wildman–Crippen LogP) is 5.83. The van der Waals surface area contributed by atoms with Crippen molar-refractivity contribution < 1.29 is 45.4 Å². The Hall–Kier alpha value is -3.51. The van der Waals surface area contributed by atoms with Crippen LogP contribution >= 0.6 is 0 Å². The number of amides is 3. The third-order valence-corrected chi connectivity index (χ3v) is 5.68. The SMILES string of the molecule is Cc1cc(F)ccc1[C@@H]1CN(C(=O)O)CC[C@H]1NC(=O)Nc1cc(C(F)(F)F)cc(C(F)(F)F)c1. The standard InChI is InChI=1S/C22H20F7N3O3/c1-11-6-14(23)2-3-16(11)17-10-32(20(34)35)5-4-18(17)31-19(33)30-15-8-12(21(24,25)26)7-13(9-15)22(27,28)29/h2-3,6-9,17-18H,4-5,10H2,1H3,(H,34,35)(H2,30,31,33)/t17-,18+/m0/s1. The third-order valence-electron chi connectivity index (χ3n) is 5.68. The van der Waals surface area contributed by atoms with E-state index < -0.39 is 59.1 Å². The molecular formula is C22H20F7N3O3. The van der Waals surface area contributed by atoms with E-state index in [0.717, 1.165) is 4.90 Å². The Bertz CT molecular complexity index is 1090. The molecule has 3 N–H and O–H groups in total. The van der Waals surface area contributed by atoms with Crippen molar-refractivity contribution in [2.24, 2.45) is 0 Å². The minimum absolute atomic E-state index is 0.0266. The minimum atomic E-state index is -5.08. The summed E-state index contributed by atoms with van der Waals surface area (Å²) in [6, 6.07) is 2.73. The molecule has 3 amide bonds. The summed E-state index contributed by atoms with van der Waals surface area (Å²) in [6.45, 7) is 1.56. The number of nitrogens with one attached hydrogen (secondary N) is 2. The van der Waals surface area contributed by atoms with Crippen molar-refractivity contribution in [3.63, 3.8) is 0 Å². The van der Waals surface area contributed by atoms with Crippen LogP contribution in [-0.2, 0) is 12.4 Å². The van der Waals surface area contributed by atoms with Crippen LogP contribution in [0.1, 0.15) is 34.6 Å². The summed E-state index contributed by atoms with van der Waals surface area (Å²) >= 11 is 0. The summed E-state index contributed by atoms with van der Waals surface area (Å²) in [5, 5.41) is 13.9. The number of anilines is 1. The van der Waals surface area contributed by atoms with E-state index in [9.17, 15) is 45.4 Å². The molecule has 0 saturated carbocycles. The number of carbonyl (C=O) groups excluding carboxylic acids is 1. The second-order valence-electron chi connectivity index (χ2n) is 8.12. The number of rotatable bonds is 3. The van der Waals surface area contributed by atoms with Crippen molar-refractivity contribution in [2.75, 3.05) is 18.4 Å². The number of carboxylic acid groups (broad SMARTS) is 1. The predicted molar refractivity (Wildman–Crippen MR) is 110 cm³/mol. The molecule has 35 heavy (non-hydrogen) atoms. The number of hydrogen-bond acceptors (Lipinski definition) is 2. The lowest BCUT2D eigenvalue weighted by molar-refractivity contribution is -0.143. The number of nitrogens with zero attached hydrogens (tertiary/aromatic N) is 1. The minimum Gasteiger partial charge on any atom is -0.465 e. The molecule has 0 aromatic heterocycles. The van der Waals surface area contributed by atoms with Crippen LogP contribution in [0.2, 0.25) is 0 Å². The summed E-state index contributed by atoms with van der Waals surface area (Å²) in [7, 11) is 0. The Morgan fingerprint density at radius 1 is 1.00 bits per heavy atom. The number of urea groups is 1. The zero-order chi connectivity index (χ0) is 26.1. The van der Waals surface area contributed by atoms with Crippen LogP contribution in [0.15, 0.2) is 36.4 Å². The van der Waals surface area contributed by atoms with Gasteiger partial charge >= 0.3 is 24.5 Å². The molecule has 0 radical (unpaired) electrons. The van der Waals surface area contributed by atoms with Crippen LogP contribution in [-0.4, -0.2) is 41.3 Å². The molecule has 1 aliphatic rings. The fourth-order valence-corrected chi connectivity index (χ4v) is 4.03. The zero-order valence-corrected chi connectivity index (χ0v) is 18.1. The lowest BCUT2D eigenvalue weighted by Gasteiger charge is -2.38. The molecule has 0 bridgehead atoms. The Kier molecular flexibility index (Phi) is 7.18. The highest BCUT2D eigenvalue weighted by molar-refractivity contribution is 5.89. The van der Waals surface area contributed by atoms with Crippen LogP contribution in [0.25, 0.3) is 0 Å². The molecule has 2 atom stereocenters. The van der Waals surface area contributed by atoms with Gasteiger partial charge in [0.2, 0.25) is 0 Å². The average molecular weight is 507 g/mol. The Morgan fingerprint density at radius 3 is 2.11 bits per heavy atom. The van der Waals surface area contributed by atoms with Gasteiger partial charge < -0.3 is 20.6 Å². The number of aryl methyl sites for hydroxylation is 1. The number of halogens is 7. The topological polar surface area (TPSA) is 81.7 Å². The molecule has 13 heteroatoms. The van der Waals surface area contributed by atoms with E-state index in [1.807, 2.05) is 5.32 Å². The molecular weight excluding hydrogens is 487 g/mol. The largest absolute Gasteiger partial charge is 0.465 e. The number of alkyl halides is 6. The monoisotopic (exact) mass is 507 g/mol. The van der Waals surface area contributed by atoms with Gasteiger partial charge in [0.25, 0.3) is 0 Å². The van der Waals surface area contributed by atoms with Crippen LogP contribution in [0.5, 0.6) is 0 Å². The maximum absolute atomic E-state index is 13.6. The molecule has 2 aromatic rings. The Balaban J connectivity index is 1.85. The summed E-state index contributed by atoms with van der Waals surface area (Å²) < 4.78 is 92.0. The van der Waals surface area contributed by atoms with E-state index in [2.05, 4.69) is 5.32 Å². The van der Waals surface area contributed by atoms with Crippen molar-refractivity contribution in [3.8, 4) is 0 Å². The first-order valence-electron chi connectivity index (χ1n) is 10.3. The first kappa shape index (κ1) is 26.1. The van der Waals surface area contributed by atoms with Crippen molar-refractivity contribution in [3.05, 3.63) is 64.5 Å². The normalized spacial score (nSPS) is 18.8. The van der Waals surface area contributed by atoms with Crippen LogP contribution in [0, 0.1) is 12.7 Å². The second kappa shape index (κ2) is 9.62. The molecule has 190 valence electrons. The molecule has 6 nitrogen and oxygen atoms in total. The van der Waals surface area contributed by atoms with Crippen molar-refractivity contribution in [2.45, 2.75) is 37.7 Å². The first-order chi connectivity index (χ1) is 16.1. The third kappa shape index (κ3) is 6.34. The molecule has 1 heterocycles. The lowest BCUT2D eigenvalue weighted by Crippen LogP contribution is -2.52. The Morgan fingerprint density at radius 2 is 1.60 bits per heavy atom. The molecule has 3 rings (SSSR count). The van der Waals surface area contributed by atoms with Gasteiger partial charge in [-0.2, -0.15) is 26.3 Å². The van der Waals surface area contributed by atoms with Gasteiger partial charge in [0, 0.05) is 30.7 Å². The molecule has 0 spiro atoms. The van der Waals surface area contributed by atoms with Gasteiger partial charge in [0.1, 0.15) is 5.82 Å². The van der Waals surface area contributed by atoms with Gasteiger partial charge in [-0.25, -0.2) is 14.0 Å². The van der Waals surface area contributed by atoms with E-state index in [-0.39, 0.29) is 25.6 Å². The molecule has 0 aliphatic carbocycles. The van der Waals surface area contributed by atoms with E-state index >= 15 is 0 Å². The maximum atomic E-state index is 13.6. The van der Waals surface area contributed by atoms with Crippen molar-refractivity contribution in [1.29, 1.82) is 0 Å². The van der Waals surface area contributed by atoms with Crippen LogP contribution in [0.4, 0.5) is 46.0 Å². The van der Waals surface area contributed by atoms with Crippen molar-refractivity contribution >= 4 is 17.8 Å². The first-order valence-corrected chi connectivity index (χ1v) is 10.3. The molecule has 1 aliphatic heterocycles. The molecule has 2 aromatic carbocycles. The number of hydrogen-bond donors (Lipinski definition) is 3. The molecule has 1 saturated heterocycles. The Labute approximate surface area is 194 Å². The van der Waals surface area contributed by atoms with Gasteiger partial charge in [-0.15, -0.1) is 0 Å². The quantitative estimate of drug-likeness (QED) is 0.458. The summed E-state index contributed by atoms with van der Waals surface area (Å²) in [5.74, 6) is -1.16. The van der Waals surface area contributed by atoms with Crippen LogP contribution in [0.3, 0.4) is 0 Å². The fourth-order valence-electron chi connectivity index (χ4n) is 4.03. The number of likely N-dealkylation sites (tertiary alicyclic amines) is 1. The lowest BCUT2D eigenvalue weighted by atomic mass is 9.84. The average Bonchev–Trinajstić information content (AvgIpc) is 2.72. The van der Waals surface area contributed by atoms with Gasteiger partial charge in [-0.3, -0.25) is 0 Å². The van der Waals surface area contributed by atoms with Gasteiger partial charge in [-0.1, -0.05) is 6.07 Å². The summed E-state index contributed by atoms with van der Waals surface area (Å²) in [5.41, 5.74) is -2.86. The summed E-state index contributed by atoms with van der Waals surface area (Å²) in [6.07, 6.45) is -11.3.